The maximum Gasteiger partial charge on any atom is 0.573 e. The summed E-state index contributed by atoms with van der Waals surface area (Å²) < 4.78 is 52.4. The third-order valence-corrected chi connectivity index (χ3v) is 4.59. The first-order valence-electron chi connectivity index (χ1n) is 8.58. The minimum absolute atomic E-state index is 0.0179. The van der Waals surface area contributed by atoms with E-state index in [0.717, 1.165) is 18.9 Å². The molecule has 1 heterocycles. The summed E-state index contributed by atoms with van der Waals surface area (Å²) in [5.74, 6) is 0.240. The standard InChI is InChI=1S/C18H21BrF3N3O3/c1-4-11(5-2)27-17-16(23)24-13(15(19)25-17)8-10-6-7-12(9-14(10)26-3)28-18(20,21)22/h6-7,9,11H,4-5,8H2,1-3H3,(H2,23,24). The van der Waals surface area contributed by atoms with Crippen LogP contribution in [0.15, 0.2) is 22.8 Å². The van der Waals surface area contributed by atoms with Crippen LogP contribution in [0.4, 0.5) is 19.0 Å². The van der Waals surface area contributed by atoms with Gasteiger partial charge in [0.1, 0.15) is 22.2 Å². The van der Waals surface area contributed by atoms with Gasteiger partial charge in [-0.2, -0.15) is 0 Å². The molecule has 0 radical (unpaired) electrons. The van der Waals surface area contributed by atoms with E-state index in [1.165, 1.54) is 19.2 Å². The summed E-state index contributed by atoms with van der Waals surface area (Å²) >= 11 is 3.35. The maximum atomic E-state index is 12.4. The molecule has 0 atom stereocenters. The lowest BCUT2D eigenvalue weighted by molar-refractivity contribution is -0.274. The first-order chi connectivity index (χ1) is 13.2. The molecule has 0 spiro atoms. The second kappa shape index (κ2) is 9.31. The number of benzene rings is 1. The lowest BCUT2D eigenvalue weighted by Crippen LogP contribution is -2.17. The topological polar surface area (TPSA) is 79.5 Å². The van der Waals surface area contributed by atoms with Crippen molar-refractivity contribution in [3.05, 3.63) is 34.1 Å². The Labute approximate surface area is 169 Å². The zero-order chi connectivity index (χ0) is 20.9. The maximum absolute atomic E-state index is 12.4. The average molecular weight is 464 g/mol. The van der Waals surface area contributed by atoms with Crippen LogP contribution in [0.25, 0.3) is 0 Å². The molecule has 0 fully saturated rings. The fourth-order valence-corrected chi connectivity index (χ4v) is 2.90. The summed E-state index contributed by atoms with van der Waals surface area (Å²) in [4.78, 5) is 8.64. The lowest BCUT2D eigenvalue weighted by atomic mass is 10.1. The van der Waals surface area contributed by atoms with Crippen molar-refractivity contribution in [3.63, 3.8) is 0 Å². The highest BCUT2D eigenvalue weighted by atomic mass is 79.9. The molecule has 1 aromatic heterocycles. The molecule has 0 amide bonds. The predicted octanol–water partition coefficient (Wildman–Crippen LogP) is 4.89. The van der Waals surface area contributed by atoms with Crippen molar-refractivity contribution in [3.8, 4) is 17.4 Å². The van der Waals surface area contributed by atoms with Crippen LogP contribution < -0.4 is 19.9 Å². The van der Waals surface area contributed by atoms with E-state index in [-0.39, 0.29) is 35.7 Å². The van der Waals surface area contributed by atoms with Crippen LogP contribution in [-0.4, -0.2) is 29.5 Å². The van der Waals surface area contributed by atoms with Gasteiger partial charge in [0, 0.05) is 18.1 Å². The zero-order valence-corrected chi connectivity index (χ0v) is 17.2. The number of rotatable bonds is 8. The van der Waals surface area contributed by atoms with Crippen molar-refractivity contribution >= 4 is 21.7 Å². The van der Waals surface area contributed by atoms with E-state index in [4.69, 9.17) is 15.2 Å². The van der Waals surface area contributed by atoms with E-state index in [1.807, 2.05) is 13.8 Å². The third kappa shape index (κ3) is 5.88. The van der Waals surface area contributed by atoms with Crippen molar-refractivity contribution < 1.29 is 27.4 Å². The molecule has 0 saturated heterocycles. The number of nitrogen functional groups attached to an aromatic ring is 1. The summed E-state index contributed by atoms with van der Waals surface area (Å²) in [7, 11) is 1.36. The van der Waals surface area contributed by atoms with Crippen LogP contribution in [0.1, 0.15) is 37.9 Å². The lowest BCUT2D eigenvalue weighted by Gasteiger charge is -2.17. The Balaban J connectivity index is 2.26. The molecule has 2 N–H and O–H groups in total. The molecule has 0 aliphatic carbocycles. The third-order valence-electron chi connectivity index (χ3n) is 3.95. The molecule has 0 unspecified atom stereocenters. The first kappa shape index (κ1) is 22.1. The van der Waals surface area contributed by atoms with E-state index < -0.39 is 6.36 Å². The van der Waals surface area contributed by atoms with Gasteiger partial charge in [-0.05, 0) is 34.8 Å². The molecular weight excluding hydrogens is 443 g/mol. The minimum atomic E-state index is -4.78. The summed E-state index contributed by atoms with van der Waals surface area (Å²) in [6.45, 7) is 4.00. The smallest absolute Gasteiger partial charge is 0.496 e. The van der Waals surface area contributed by atoms with Crippen LogP contribution in [0, 0.1) is 0 Å². The monoisotopic (exact) mass is 463 g/mol. The van der Waals surface area contributed by atoms with Crippen LogP contribution in [-0.2, 0) is 6.42 Å². The number of hydrogen-bond donors (Lipinski definition) is 1. The Bertz CT molecular complexity index is 815. The summed E-state index contributed by atoms with van der Waals surface area (Å²) in [6, 6.07) is 3.84. The predicted molar refractivity (Wildman–Crippen MR) is 102 cm³/mol. The van der Waals surface area contributed by atoms with Crippen molar-refractivity contribution in [1.29, 1.82) is 0 Å². The molecular formula is C18H21BrF3N3O3. The van der Waals surface area contributed by atoms with Gasteiger partial charge in [-0.1, -0.05) is 19.9 Å². The number of hydrogen-bond acceptors (Lipinski definition) is 6. The number of nitrogens with two attached hydrogens (primary N) is 1. The van der Waals surface area contributed by atoms with Crippen LogP contribution >= 0.6 is 15.9 Å². The van der Waals surface area contributed by atoms with Crippen molar-refractivity contribution in [2.45, 2.75) is 45.6 Å². The Kier molecular flexibility index (Phi) is 7.34. The molecule has 0 bridgehead atoms. The van der Waals surface area contributed by atoms with Gasteiger partial charge >= 0.3 is 6.36 Å². The molecule has 28 heavy (non-hydrogen) atoms. The highest BCUT2D eigenvalue weighted by Gasteiger charge is 2.31. The summed E-state index contributed by atoms with van der Waals surface area (Å²) in [5, 5.41) is 0. The van der Waals surface area contributed by atoms with Gasteiger partial charge < -0.3 is 19.9 Å². The Morgan fingerprint density at radius 1 is 1.18 bits per heavy atom. The molecule has 1 aromatic carbocycles. The van der Waals surface area contributed by atoms with Gasteiger partial charge in [-0.25, -0.2) is 9.97 Å². The van der Waals surface area contributed by atoms with Crippen LogP contribution in [0.5, 0.6) is 17.4 Å². The van der Waals surface area contributed by atoms with Gasteiger partial charge in [-0.3, -0.25) is 0 Å². The van der Waals surface area contributed by atoms with E-state index >= 15 is 0 Å². The molecule has 0 saturated carbocycles. The largest absolute Gasteiger partial charge is 0.573 e. The van der Waals surface area contributed by atoms with Gasteiger partial charge in [-0.15, -0.1) is 13.2 Å². The second-order valence-corrected chi connectivity index (χ2v) is 6.66. The first-order valence-corrected chi connectivity index (χ1v) is 9.37. The van der Waals surface area contributed by atoms with Gasteiger partial charge in [0.05, 0.1) is 12.8 Å². The Hall–Kier alpha value is -2.23. The van der Waals surface area contributed by atoms with Crippen molar-refractivity contribution in [2.24, 2.45) is 0 Å². The number of alkyl halides is 3. The number of ether oxygens (including phenoxy) is 3. The molecule has 6 nitrogen and oxygen atoms in total. The van der Waals surface area contributed by atoms with E-state index in [0.29, 0.717) is 15.9 Å². The van der Waals surface area contributed by atoms with Gasteiger partial charge in [0.2, 0.25) is 0 Å². The average Bonchev–Trinajstić information content (AvgIpc) is 2.63. The zero-order valence-electron chi connectivity index (χ0n) is 15.6. The molecule has 0 aliphatic heterocycles. The molecule has 0 aliphatic rings. The van der Waals surface area contributed by atoms with Gasteiger partial charge in [0.25, 0.3) is 5.88 Å². The highest BCUT2D eigenvalue weighted by Crippen LogP contribution is 2.32. The van der Waals surface area contributed by atoms with Crippen LogP contribution in [0.2, 0.25) is 0 Å². The second-order valence-electron chi connectivity index (χ2n) is 5.91. The Morgan fingerprint density at radius 3 is 2.43 bits per heavy atom. The number of aromatic nitrogens is 2. The number of halogens is 4. The summed E-state index contributed by atoms with van der Waals surface area (Å²) in [5.41, 5.74) is 7.06. The van der Waals surface area contributed by atoms with Crippen molar-refractivity contribution in [2.75, 3.05) is 12.8 Å². The Morgan fingerprint density at radius 2 is 1.86 bits per heavy atom. The summed E-state index contributed by atoms with van der Waals surface area (Å²) in [6.07, 6.45) is -2.95. The molecule has 154 valence electrons. The van der Waals surface area contributed by atoms with Crippen LogP contribution in [0.3, 0.4) is 0 Å². The quantitative estimate of drug-likeness (QED) is 0.600. The minimum Gasteiger partial charge on any atom is -0.496 e. The molecule has 2 aromatic rings. The fourth-order valence-electron chi connectivity index (χ4n) is 2.51. The number of methoxy groups -OCH3 is 1. The SMILES string of the molecule is CCC(CC)Oc1nc(Br)c(Cc2ccc(OC(F)(F)F)cc2OC)nc1N. The number of anilines is 1. The van der Waals surface area contributed by atoms with Gasteiger partial charge in [0.15, 0.2) is 5.82 Å². The molecule has 2 rings (SSSR count). The highest BCUT2D eigenvalue weighted by molar-refractivity contribution is 9.10. The normalized spacial score (nSPS) is 11.6. The van der Waals surface area contributed by atoms with Crippen molar-refractivity contribution in [1.82, 2.24) is 9.97 Å². The van der Waals surface area contributed by atoms with E-state index in [2.05, 4.69) is 30.6 Å². The number of nitrogens with zero attached hydrogens (tertiary/aromatic N) is 2. The van der Waals surface area contributed by atoms with E-state index in [9.17, 15) is 13.2 Å². The van der Waals surface area contributed by atoms with E-state index in [1.54, 1.807) is 0 Å². The fraction of sp³-hybridized carbons (Fsp3) is 0.444. The molecule has 10 heteroatoms.